The molecule has 0 radical (unpaired) electrons. The van der Waals surface area contributed by atoms with Gasteiger partial charge in [-0.15, -0.1) is 0 Å². The molecule has 1 atom stereocenters. The first-order chi connectivity index (χ1) is 36.0. The Balaban J connectivity index is 4.61. The maximum absolute atomic E-state index is 12.9. The first-order valence-electron chi connectivity index (χ1n) is 29.3. The number of ether oxygens (including phenoxy) is 3. The van der Waals surface area contributed by atoms with E-state index in [1.54, 1.807) is 0 Å². The molecule has 0 saturated carbocycles. The van der Waals surface area contributed by atoms with Gasteiger partial charge in [-0.2, -0.15) is 0 Å². The number of esters is 3. The summed E-state index contributed by atoms with van der Waals surface area (Å²) in [5.74, 6) is -1.08. The van der Waals surface area contributed by atoms with E-state index in [1.165, 1.54) is 96.3 Å². The summed E-state index contributed by atoms with van der Waals surface area (Å²) in [4.78, 5) is 38.2. The van der Waals surface area contributed by atoms with Crippen molar-refractivity contribution in [3.63, 3.8) is 0 Å². The lowest BCUT2D eigenvalue weighted by Gasteiger charge is -2.18. The highest BCUT2D eigenvalue weighted by molar-refractivity contribution is 5.71. The van der Waals surface area contributed by atoms with E-state index in [0.717, 1.165) is 89.9 Å². The Hall–Kier alpha value is -4.71. The predicted octanol–water partition coefficient (Wildman–Crippen LogP) is 20.0. The smallest absolute Gasteiger partial charge is 0.306 e. The Kier molecular flexibility index (Phi) is 56.0. The van der Waals surface area contributed by atoms with Crippen LogP contribution in [-0.2, 0) is 28.6 Å². The molecule has 0 aromatic carbocycles. The van der Waals surface area contributed by atoms with Crippen molar-refractivity contribution < 1.29 is 28.6 Å². The summed E-state index contributed by atoms with van der Waals surface area (Å²) in [5.41, 5.74) is 0. The number of carbonyl (C=O) groups is 3. The summed E-state index contributed by atoms with van der Waals surface area (Å²) in [7, 11) is 0. The molecule has 0 aliphatic heterocycles. The molecule has 0 fully saturated rings. The van der Waals surface area contributed by atoms with Crippen molar-refractivity contribution in [1.82, 2.24) is 0 Å². The second kappa shape index (κ2) is 59.8. The van der Waals surface area contributed by atoms with Gasteiger partial charge in [0.15, 0.2) is 6.10 Å². The van der Waals surface area contributed by atoms with Crippen molar-refractivity contribution in [3.05, 3.63) is 146 Å². The Morgan fingerprint density at radius 3 is 0.959 bits per heavy atom. The summed E-state index contributed by atoms with van der Waals surface area (Å²) >= 11 is 0. The molecule has 0 aromatic rings. The van der Waals surface area contributed by atoms with Gasteiger partial charge in [-0.3, -0.25) is 14.4 Å². The van der Waals surface area contributed by atoms with Crippen LogP contribution in [0.3, 0.4) is 0 Å². The molecule has 410 valence electrons. The molecule has 0 saturated heterocycles. The number of hydrogen-bond acceptors (Lipinski definition) is 6. The van der Waals surface area contributed by atoms with Crippen LogP contribution in [-0.4, -0.2) is 37.2 Å². The van der Waals surface area contributed by atoms with Crippen molar-refractivity contribution >= 4 is 17.9 Å². The maximum Gasteiger partial charge on any atom is 0.306 e. The molecule has 0 bridgehead atoms. The van der Waals surface area contributed by atoms with Crippen LogP contribution in [0.2, 0.25) is 0 Å². The third-order valence-corrected chi connectivity index (χ3v) is 11.8. The van der Waals surface area contributed by atoms with Crippen molar-refractivity contribution in [2.24, 2.45) is 0 Å². The second-order valence-corrected chi connectivity index (χ2v) is 18.8. The average molecular weight is 1010 g/mol. The van der Waals surface area contributed by atoms with Crippen LogP contribution in [0.15, 0.2) is 146 Å². The molecule has 0 amide bonds. The van der Waals surface area contributed by atoms with Crippen LogP contribution < -0.4 is 0 Å². The van der Waals surface area contributed by atoms with Crippen LogP contribution in [0, 0.1) is 0 Å². The van der Waals surface area contributed by atoms with E-state index in [0.29, 0.717) is 12.8 Å². The summed E-state index contributed by atoms with van der Waals surface area (Å²) in [5, 5.41) is 0. The number of carbonyl (C=O) groups excluding carboxylic acids is 3. The third kappa shape index (κ3) is 58.1. The molecule has 73 heavy (non-hydrogen) atoms. The monoisotopic (exact) mass is 1010 g/mol. The zero-order chi connectivity index (χ0) is 52.9. The zero-order valence-electron chi connectivity index (χ0n) is 46.8. The van der Waals surface area contributed by atoms with Crippen molar-refractivity contribution in [2.75, 3.05) is 13.2 Å². The minimum absolute atomic E-state index is 0.137. The van der Waals surface area contributed by atoms with E-state index in [4.69, 9.17) is 14.2 Å². The van der Waals surface area contributed by atoms with Gasteiger partial charge >= 0.3 is 17.9 Å². The van der Waals surface area contributed by atoms with Gasteiger partial charge in [0.05, 0.1) is 0 Å². The number of allylic oxidation sites excluding steroid dienone is 24. The predicted molar refractivity (Wildman–Crippen MR) is 315 cm³/mol. The van der Waals surface area contributed by atoms with Gasteiger partial charge in [-0.1, -0.05) is 237 Å². The lowest BCUT2D eigenvalue weighted by Crippen LogP contribution is -2.30. The molecular formula is C67H106O6. The quantitative estimate of drug-likeness (QED) is 0.0261. The van der Waals surface area contributed by atoms with Crippen molar-refractivity contribution in [2.45, 2.75) is 245 Å². The molecule has 0 rings (SSSR count). The third-order valence-electron chi connectivity index (χ3n) is 11.8. The number of hydrogen-bond donors (Lipinski definition) is 0. The van der Waals surface area contributed by atoms with Gasteiger partial charge < -0.3 is 14.2 Å². The van der Waals surface area contributed by atoms with E-state index >= 15 is 0 Å². The zero-order valence-corrected chi connectivity index (χ0v) is 46.8. The molecule has 6 heteroatoms. The van der Waals surface area contributed by atoms with Gasteiger partial charge in [0.1, 0.15) is 13.2 Å². The van der Waals surface area contributed by atoms with Crippen LogP contribution in [0.1, 0.15) is 239 Å². The van der Waals surface area contributed by atoms with Gasteiger partial charge in [0, 0.05) is 19.3 Å². The lowest BCUT2D eigenvalue weighted by molar-refractivity contribution is -0.166. The standard InChI is InChI=1S/C67H106O6/c1-4-7-10-13-16-19-22-25-28-31-33-36-39-42-45-48-51-54-57-60-66(69)72-63-64(62-71-65(68)59-56-53-50-47-44-41-38-35-30-27-24-21-18-15-12-9-6-3)73-67(70)61-58-55-52-49-46-43-40-37-34-32-29-26-23-20-17-14-11-8-5-2/h7,10,16-21,25-30,33,36,38,41-42,45,47,50-51,54,64H,4-6,8-9,11-15,22-24,31-32,34-35,37,39-40,43-44,46,48-49,52-53,55-63H2,1-3H3/b10-7-,19-16-,20-17-,21-18-,28-25-,29-26-,30-27-,36-33-,41-38-,45-42-,50-47-,54-51-/t64-/m1/s1. The van der Waals surface area contributed by atoms with E-state index in [1.807, 2.05) is 12.2 Å². The Bertz CT molecular complexity index is 1630. The normalized spacial score (nSPS) is 13.2. The van der Waals surface area contributed by atoms with Crippen LogP contribution >= 0.6 is 0 Å². The van der Waals surface area contributed by atoms with Gasteiger partial charge in [0.25, 0.3) is 0 Å². The van der Waals surface area contributed by atoms with Crippen molar-refractivity contribution in [3.8, 4) is 0 Å². The molecule has 6 nitrogen and oxygen atoms in total. The maximum atomic E-state index is 12.9. The molecule has 0 aromatic heterocycles. The second-order valence-electron chi connectivity index (χ2n) is 18.8. The number of unbranched alkanes of at least 4 members (excludes halogenated alkanes) is 16. The molecule has 0 N–H and O–H groups in total. The SMILES string of the molecule is CC/C=C\C/C=C\C/C=C\C/C=C\C/C=C\C/C=C\CCC(=O)OC[C@@H](COC(=O)CCC/C=C\C/C=C\C/C=C\C/C=C\CCCCC)OC(=O)CCCCCCCCCCC/C=C\C/C=C\CCCCC. The van der Waals surface area contributed by atoms with Gasteiger partial charge in [-0.25, -0.2) is 0 Å². The molecule has 0 aliphatic rings. The molecule has 0 heterocycles. The molecule has 0 spiro atoms. The fraction of sp³-hybridized carbons (Fsp3) is 0.597. The Labute approximate surface area is 448 Å². The molecule has 0 unspecified atom stereocenters. The van der Waals surface area contributed by atoms with Gasteiger partial charge in [-0.05, 0) is 128 Å². The van der Waals surface area contributed by atoms with Crippen LogP contribution in [0.4, 0.5) is 0 Å². The fourth-order valence-corrected chi connectivity index (χ4v) is 7.43. The fourth-order valence-electron chi connectivity index (χ4n) is 7.43. The summed E-state index contributed by atoms with van der Waals surface area (Å²) in [6.07, 6.45) is 85.6. The summed E-state index contributed by atoms with van der Waals surface area (Å²) in [6.45, 7) is 6.35. The first-order valence-corrected chi connectivity index (χ1v) is 29.3. The topological polar surface area (TPSA) is 78.9 Å². The Morgan fingerprint density at radius 2 is 0.575 bits per heavy atom. The van der Waals surface area contributed by atoms with Gasteiger partial charge in [0.2, 0.25) is 0 Å². The molecule has 0 aliphatic carbocycles. The highest BCUT2D eigenvalue weighted by atomic mass is 16.6. The van der Waals surface area contributed by atoms with E-state index < -0.39 is 6.10 Å². The Morgan fingerprint density at radius 1 is 0.288 bits per heavy atom. The summed E-state index contributed by atoms with van der Waals surface area (Å²) < 4.78 is 16.8. The summed E-state index contributed by atoms with van der Waals surface area (Å²) in [6, 6.07) is 0. The largest absolute Gasteiger partial charge is 0.462 e. The first kappa shape index (κ1) is 68.3. The van der Waals surface area contributed by atoms with E-state index in [2.05, 4.69) is 154 Å². The van der Waals surface area contributed by atoms with Crippen LogP contribution in [0.25, 0.3) is 0 Å². The minimum Gasteiger partial charge on any atom is -0.462 e. The van der Waals surface area contributed by atoms with Crippen LogP contribution in [0.5, 0.6) is 0 Å². The van der Waals surface area contributed by atoms with E-state index in [9.17, 15) is 14.4 Å². The number of rotatable bonds is 51. The highest BCUT2D eigenvalue weighted by Crippen LogP contribution is 2.13. The highest BCUT2D eigenvalue weighted by Gasteiger charge is 2.19. The minimum atomic E-state index is -0.840. The molecular weight excluding hydrogens is 901 g/mol. The van der Waals surface area contributed by atoms with Crippen molar-refractivity contribution in [1.29, 1.82) is 0 Å². The lowest BCUT2D eigenvalue weighted by atomic mass is 10.1. The van der Waals surface area contributed by atoms with E-state index in [-0.39, 0.29) is 50.4 Å². The average Bonchev–Trinajstić information content (AvgIpc) is 3.39.